The van der Waals surface area contributed by atoms with E-state index in [9.17, 15) is 19.7 Å². The molecule has 0 aliphatic heterocycles. The summed E-state index contributed by atoms with van der Waals surface area (Å²) in [5.74, 6) is -0.675. The van der Waals surface area contributed by atoms with Crippen molar-refractivity contribution >= 4 is 28.9 Å². The zero-order chi connectivity index (χ0) is 18.2. The van der Waals surface area contributed by atoms with E-state index in [0.29, 0.717) is 17.8 Å². The van der Waals surface area contributed by atoms with Crippen LogP contribution in [0.1, 0.15) is 36.5 Å². The summed E-state index contributed by atoms with van der Waals surface area (Å²) in [6.45, 7) is 2.01. The third kappa shape index (κ3) is 5.13. The van der Waals surface area contributed by atoms with Gasteiger partial charge in [-0.15, -0.1) is 0 Å². The zero-order valence-corrected chi connectivity index (χ0v) is 13.8. The molecule has 0 unspecified atom stereocenters. The second-order valence-corrected chi connectivity index (χ2v) is 5.46. The third-order valence-electron chi connectivity index (χ3n) is 3.51. The maximum Gasteiger partial charge on any atom is 0.282 e. The highest BCUT2D eigenvalue weighted by atomic mass is 16.6. The van der Waals surface area contributed by atoms with Crippen molar-refractivity contribution in [3.05, 3.63) is 64.2 Å². The molecular formula is C18H19N3O4. The van der Waals surface area contributed by atoms with Crippen molar-refractivity contribution in [2.24, 2.45) is 0 Å². The second kappa shape index (κ2) is 8.58. The molecule has 0 heterocycles. The molecule has 0 aliphatic rings. The normalized spacial score (nSPS) is 10.1. The largest absolute Gasteiger partial charge is 0.326 e. The molecule has 2 N–H and O–H groups in total. The number of nitro benzene ring substituents is 1. The van der Waals surface area contributed by atoms with Crippen LogP contribution in [0.25, 0.3) is 0 Å². The predicted octanol–water partition coefficient (Wildman–Crippen LogP) is 3.98. The first-order valence-electron chi connectivity index (χ1n) is 7.96. The van der Waals surface area contributed by atoms with E-state index in [1.807, 2.05) is 6.92 Å². The van der Waals surface area contributed by atoms with Crippen LogP contribution in [-0.4, -0.2) is 16.7 Å². The van der Waals surface area contributed by atoms with Crippen molar-refractivity contribution in [3.63, 3.8) is 0 Å². The van der Waals surface area contributed by atoms with Crippen molar-refractivity contribution in [2.75, 3.05) is 10.6 Å². The molecule has 0 aromatic heterocycles. The Labute approximate surface area is 145 Å². The number of hydrogen-bond donors (Lipinski definition) is 2. The van der Waals surface area contributed by atoms with Gasteiger partial charge >= 0.3 is 0 Å². The molecule has 0 saturated carbocycles. The molecule has 0 spiro atoms. The summed E-state index contributed by atoms with van der Waals surface area (Å²) < 4.78 is 0. The number of anilines is 2. The minimum Gasteiger partial charge on any atom is -0.326 e. The molecule has 0 bridgehead atoms. The molecule has 0 fully saturated rings. The summed E-state index contributed by atoms with van der Waals surface area (Å²) in [5.41, 5.74) is 0.715. The summed E-state index contributed by atoms with van der Waals surface area (Å²) in [4.78, 5) is 34.5. The number of unbranched alkanes of at least 4 members (excludes halogenated alkanes) is 1. The van der Waals surface area contributed by atoms with Gasteiger partial charge in [0, 0.05) is 23.9 Å². The third-order valence-corrected chi connectivity index (χ3v) is 3.51. The molecule has 0 saturated heterocycles. The van der Waals surface area contributed by atoms with Gasteiger partial charge in [0.1, 0.15) is 5.56 Å². The standard InChI is InChI=1S/C18H19N3O4/c1-2-3-11-17(22)19-13-7-6-8-14(12-13)20-18(23)15-9-4-5-10-16(15)21(24)25/h4-10,12H,2-3,11H2,1H3,(H,19,22)(H,20,23). The Morgan fingerprint density at radius 1 is 1.04 bits per heavy atom. The van der Waals surface area contributed by atoms with Crippen LogP contribution in [0.2, 0.25) is 0 Å². The van der Waals surface area contributed by atoms with Crippen LogP contribution in [-0.2, 0) is 4.79 Å². The lowest BCUT2D eigenvalue weighted by Crippen LogP contribution is -2.15. The van der Waals surface area contributed by atoms with Crippen molar-refractivity contribution in [3.8, 4) is 0 Å². The minimum absolute atomic E-state index is 0.0233. The monoisotopic (exact) mass is 341 g/mol. The van der Waals surface area contributed by atoms with Crippen LogP contribution in [0.5, 0.6) is 0 Å². The fourth-order valence-corrected chi connectivity index (χ4v) is 2.26. The molecule has 0 radical (unpaired) electrons. The number of nitrogens with one attached hydrogen (secondary N) is 2. The Bertz CT molecular complexity index is 789. The van der Waals surface area contributed by atoms with Crippen LogP contribution in [0.15, 0.2) is 48.5 Å². The molecule has 2 aromatic carbocycles. The fraction of sp³-hybridized carbons (Fsp3) is 0.222. The van der Waals surface area contributed by atoms with E-state index >= 15 is 0 Å². The van der Waals surface area contributed by atoms with Gasteiger partial charge in [-0.1, -0.05) is 31.5 Å². The lowest BCUT2D eigenvalue weighted by Gasteiger charge is -2.09. The number of carbonyl (C=O) groups excluding carboxylic acids is 2. The van der Waals surface area contributed by atoms with E-state index in [2.05, 4.69) is 10.6 Å². The quantitative estimate of drug-likeness (QED) is 0.587. The van der Waals surface area contributed by atoms with Crippen LogP contribution >= 0.6 is 0 Å². The van der Waals surface area contributed by atoms with Crippen molar-refractivity contribution in [1.29, 1.82) is 0 Å². The first-order chi connectivity index (χ1) is 12.0. The van der Waals surface area contributed by atoms with Gasteiger partial charge < -0.3 is 10.6 Å². The molecule has 130 valence electrons. The van der Waals surface area contributed by atoms with Crippen molar-refractivity contribution in [1.82, 2.24) is 0 Å². The Morgan fingerprint density at radius 3 is 2.40 bits per heavy atom. The highest BCUT2D eigenvalue weighted by molar-refractivity contribution is 6.07. The number of rotatable bonds is 7. The van der Waals surface area contributed by atoms with Crippen molar-refractivity contribution in [2.45, 2.75) is 26.2 Å². The molecule has 2 amide bonds. The van der Waals surface area contributed by atoms with Gasteiger partial charge in [-0.05, 0) is 30.7 Å². The second-order valence-electron chi connectivity index (χ2n) is 5.46. The number of para-hydroxylation sites is 1. The summed E-state index contributed by atoms with van der Waals surface area (Å²) in [7, 11) is 0. The molecule has 7 heteroatoms. The number of nitrogens with zero attached hydrogens (tertiary/aromatic N) is 1. The van der Waals surface area contributed by atoms with Gasteiger partial charge in [0.25, 0.3) is 11.6 Å². The fourth-order valence-electron chi connectivity index (χ4n) is 2.26. The predicted molar refractivity (Wildman–Crippen MR) is 95.6 cm³/mol. The van der Waals surface area contributed by atoms with Crippen molar-refractivity contribution < 1.29 is 14.5 Å². The summed E-state index contributed by atoms with van der Waals surface area (Å²) in [6, 6.07) is 12.4. The van der Waals surface area contributed by atoms with Crippen LogP contribution in [0, 0.1) is 10.1 Å². The highest BCUT2D eigenvalue weighted by Crippen LogP contribution is 2.21. The minimum atomic E-state index is -0.598. The Kier molecular flexibility index (Phi) is 6.22. The lowest BCUT2D eigenvalue weighted by molar-refractivity contribution is -0.385. The Balaban J connectivity index is 2.10. The number of amides is 2. The molecule has 2 aromatic rings. The van der Waals surface area contributed by atoms with Crippen LogP contribution in [0.4, 0.5) is 17.1 Å². The highest BCUT2D eigenvalue weighted by Gasteiger charge is 2.19. The first-order valence-corrected chi connectivity index (χ1v) is 7.96. The van der Waals surface area contributed by atoms with E-state index in [-0.39, 0.29) is 17.2 Å². The molecule has 0 aliphatic carbocycles. The van der Waals surface area contributed by atoms with Crippen LogP contribution < -0.4 is 10.6 Å². The van der Waals surface area contributed by atoms with Crippen LogP contribution in [0.3, 0.4) is 0 Å². The SMILES string of the molecule is CCCCC(=O)Nc1cccc(NC(=O)c2ccccc2[N+](=O)[O-])c1. The summed E-state index contributed by atoms with van der Waals surface area (Å²) >= 11 is 0. The van der Waals surface area contributed by atoms with E-state index in [1.165, 1.54) is 18.2 Å². The topological polar surface area (TPSA) is 101 Å². The Morgan fingerprint density at radius 2 is 1.72 bits per heavy atom. The van der Waals surface area contributed by atoms with E-state index < -0.39 is 10.8 Å². The van der Waals surface area contributed by atoms with Gasteiger partial charge in [0.05, 0.1) is 4.92 Å². The number of carbonyl (C=O) groups is 2. The average molecular weight is 341 g/mol. The molecule has 0 atom stereocenters. The summed E-state index contributed by atoms with van der Waals surface area (Å²) in [6.07, 6.45) is 2.17. The van der Waals surface area contributed by atoms with Gasteiger partial charge in [-0.2, -0.15) is 0 Å². The number of hydrogen-bond acceptors (Lipinski definition) is 4. The average Bonchev–Trinajstić information content (AvgIpc) is 2.60. The van der Waals surface area contributed by atoms with Gasteiger partial charge in [-0.3, -0.25) is 19.7 Å². The van der Waals surface area contributed by atoms with E-state index in [1.54, 1.807) is 30.3 Å². The number of nitro groups is 1. The van der Waals surface area contributed by atoms with E-state index in [4.69, 9.17) is 0 Å². The zero-order valence-electron chi connectivity index (χ0n) is 13.8. The smallest absolute Gasteiger partial charge is 0.282 e. The van der Waals surface area contributed by atoms with Gasteiger partial charge in [0.15, 0.2) is 0 Å². The maximum atomic E-state index is 12.3. The summed E-state index contributed by atoms with van der Waals surface area (Å²) in [5, 5.41) is 16.4. The van der Waals surface area contributed by atoms with E-state index in [0.717, 1.165) is 12.8 Å². The first kappa shape index (κ1) is 18.1. The maximum absolute atomic E-state index is 12.3. The molecule has 2 rings (SSSR count). The lowest BCUT2D eigenvalue weighted by atomic mass is 10.1. The molecule has 7 nitrogen and oxygen atoms in total. The van der Waals surface area contributed by atoms with Gasteiger partial charge in [-0.25, -0.2) is 0 Å². The molecule has 25 heavy (non-hydrogen) atoms. The number of benzene rings is 2. The Hall–Kier alpha value is -3.22. The molecular weight excluding hydrogens is 322 g/mol. The van der Waals surface area contributed by atoms with Gasteiger partial charge in [0.2, 0.25) is 5.91 Å².